The third-order valence-electron chi connectivity index (χ3n) is 3.27. The number of aryl methyl sites for hydroxylation is 2. The van der Waals surface area contributed by atoms with Gasteiger partial charge in [0.2, 0.25) is 0 Å². The van der Waals surface area contributed by atoms with Crippen LogP contribution in [0.5, 0.6) is 0 Å². The van der Waals surface area contributed by atoms with Gasteiger partial charge in [-0.2, -0.15) is 5.10 Å². The van der Waals surface area contributed by atoms with Crippen molar-refractivity contribution in [3.8, 4) is 0 Å². The molecule has 0 spiro atoms. The van der Waals surface area contributed by atoms with Gasteiger partial charge >= 0.3 is 0 Å². The predicted octanol–water partition coefficient (Wildman–Crippen LogP) is 1.59. The van der Waals surface area contributed by atoms with E-state index in [1.807, 2.05) is 20.2 Å². The highest BCUT2D eigenvalue weighted by molar-refractivity contribution is 7.91. The van der Waals surface area contributed by atoms with Crippen LogP contribution in [-0.4, -0.2) is 36.2 Å². The Hall–Kier alpha value is -0.880. The van der Waals surface area contributed by atoms with Crippen molar-refractivity contribution in [2.45, 2.75) is 39.7 Å². The Morgan fingerprint density at radius 1 is 1.42 bits per heavy atom. The van der Waals surface area contributed by atoms with E-state index in [2.05, 4.69) is 17.3 Å². The minimum atomic E-state index is -2.87. The van der Waals surface area contributed by atoms with Gasteiger partial charge < -0.3 is 5.32 Å². The fourth-order valence-corrected chi connectivity index (χ4v) is 3.12. The van der Waals surface area contributed by atoms with E-state index in [-0.39, 0.29) is 17.5 Å². The second-order valence-corrected chi connectivity index (χ2v) is 7.31. The Morgan fingerprint density at radius 2 is 2.11 bits per heavy atom. The number of sulfone groups is 1. The van der Waals surface area contributed by atoms with Crippen LogP contribution in [0.3, 0.4) is 0 Å². The molecule has 1 unspecified atom stereocenters. The lowest BCUT2D eigenvalue weighted by molar-refractivity contribution is 0.504. The summed E-state index contributed by atoms with van der Waals surface area (Å²) in [5.41, 5.74) is 2.17. The summed E-state index contributed by atoms with van der Waals surface area (Å²) in [6, 6.07) is 0.186. The number of nitrogens with one attached hydrogen (secondary N) is 1. The van der Waals surface area contributed by atoms with E-state index in [9.17, 15) is 8.42 Å². The highest BCUT2D eigenvalue weighted by atomic mass is 32.2. The molecule has 1 rings (SSSR count). The minimum absolute atomic E-state index is 0.186. The lowest BCUT2D eigenvalue weighted by Crippen LogP contribution is -2.22. The van der Waals surface area contributed by atoms with Gasteiger partial charge in [-0.1, -0.05) is 13.8 Å². The van der Waals surface area contributed by atoms with Crippen molar-refractivity contribution >= 4 is 9.84 Å². The molecule has 0 bridgehead atoms. The molecule has 1 heterocycles. The van der Waals surface area contributed by atoms with Crippen LogP contribution in [0.4, 0.5) is 0 Å². The van der Waals surface area contributed by atoms with Gasteiger partial charge in [-0.25, -0.2) is 8.42 Å². The average Bonchev–Trinajstić information content (AvgIpc) is 2.67. The summed E-state index contributed by atoms with van der Waals surface area (Å²) in [6.45, 7) is 6.60. The van der Waals surface area contributed by atoms with Crippen LogP contribution < -0.4 is 5.32 Å². The van der Waals surface area contributed by atoms with E-state index in [0.717, 1.165) is 18.7 Å². The molecule has 1 aromatic rings. The maximum atomic E-state index is 11.5. The van der Waals surface area contributed by atoms with Crippen molar-refractivity contribution in [1.82, 2.24) is 15.1 Å². The van der Waals surface area contributed by atoms with Gasteiger partial charge in [0, 0.05) is 30.6 Å². The number of rotatable bonds is 8. The summed E-state index contributed by atoms with van der Waals surface area (Å²) in [6.07, 6.45) is 3.51. The van der Waals surface area contributed by atoms with Crippen LogP contribution in [0.15, 0.2) is 6.20 Å². The van der Waals surface area contributed by atoms with Crippen molar-refractivity contribution in [2.24, 2.45) is 7.05 Å². The van der Waals surface area contributed by atoms with E-state index in [0.29, 0.717) is 6.42 Å². The Morgan fingerprint density at radius 3 is 2.58 bits per heavy atom. The van der Waals surface area contributed by atoms with Crippen LogP contribution >= 0.6 is 0 Å². The van der Waals surface area contributed by atoms with E-state index in [1.165, 1.54) is 5.56 Å². The van der Waals surface area contributed by atoms with Crippen molar-refractivity contribution < 1.29 is 8.42 Å². The lowest BCUT2D eigenvalue weighted by Gasteiger charge is -2.17. The van der Waals surface area contributed by atoms with Crippen LogP contribution in [0.25, 0.3) is 0 Å². The molecular formula is C13H25N3O2S. The summed E-state index contributed by atoms with van der Waals surface area (Å²) in [4.78, 5) is 0. The van der Waals surface area contributed by atoms with Gasteiger partial charge in [-0.05, 0) is 26.3 Å². The van der Waals surface area contributed by atoms with Crippen molar-refractivity contribution in [3.05, 3.63) is 17.5 Å². The lowest BCUT2D eigenvalue weighted by atomic mass is 10.0. The molecule has 0 aliphatic rings. The normalized spacial score (nSPS) is 13.7. The Bertz CT molecular complexity index is 494. The zero-order chi connectivity index (χ0) is 14.5. The molecule has 0 aliphatic carbocycles. The van der Waals surface area contributed by atoms with E-state index < -0.39 is 9.84 Å². The monoisotopic (exact) mass is 287 g/mol. The third-order valence-corrected chi connectivity index (χ3v) is 5.06. The van der Waals surface area contributed by atoms with Crippen molar-refractivity contribution in [2.75, 3.05) is 18.1 Å². The molecule has 0 radical (unpaired) electrons. The first-order valence-corrected chi connectivity index (χ1v) is 8.65. The van der Waals surface area contributed by atoms with Gasteiger partial charge in [0.05, 0.1) is 11.4 Å². The maximum absolute atomic E-state index is 11.5. The van der Waals surface area contributed by atoms with Crippen LogP contribution in [0.2, 0.25) is 0 Å². The third kappa shape index (κ3) is 4.95. The summed E-state index contributed by atoms with van der Waals surface area (Å²) in [7, 11) is -0.962. The molecule has 1 aromatic heterocycles. The molecule has 0 saturated heterocycles. The summed E-state index contributed by atoms with van der Waals surface area (Å²) in [5, 5.41) is 7.75. The second-order valence-electron chi connectivity index (χ2n) is 4.83. The van der Waals surface area contributed by atoms with Crippen LogP contribution in [-0.2, 0) is 16.9 Å². The molecule has 0 aromatic carbocycles. The summed E-state index contributed by atoms with van der Waals surface area (Å²) < 4.78 is 24.8. The van der Waals surface area contributed by atoms with E-state index in [1.54, 1.807) is 11.6 Å². The fourth-order valence-electron chi connectivity index (χ4n) is 2.23. The molecule has 0 fully saturated rings. The topological polar surface area (TPSA) is 64.0 Å². The van der Waals surface area contributed by atoms with E-state index in [4.69, 9.17) is 0 Å². The number of nitrogens with zero attached hydrogens (tertiary/aromatic N) is 2. The Balaban J connectivity index is 2.66. The molecule has 5 nitrogen and oxygen atoms in total. The minimum Gasteiger partial charge on any atom is -0.310 e. The molecule has 1 atom stereocenters. The highest BCUT2D eigenvalue weighted by Gasteiger charge is 2.16. The number of hydrogen-bond donors (Lipinski definition) is 1. The Kier molecular flexibility index (Phi) is 6.00. The van der Waals surface area contributed by atoms with Crippen LogP contribution in [0.1, 0.15) is 44.0 Å². The van der Waals surface area contributed by atoms with Crippen LogP contribution in [0, 0.1) is 6.92 Å². The van der Waals surface area contributed by atoms with Crippen molar-refractivity contribution in [1.29, 1.82) is 0 Å². The first-order chi connectivity index (χ1) is 8.89. The summed E-state index contributed by atoms with van der Waals surface area (Å²) in [5.74, 6) is 0.496. The Labute approximate surface area is 116 Å². The molecule has 110 valence electrons. The average molecular weight is 287 g/mol. The van der Waals surface area contributed by atoms with E-state index >= 15 is 0 Å². The standard InChI is InChI=1S/C13H25N3O2S/c1-5-14-13(8-7-9-19(17,18)6-2)12-10-16(4)15-11(12)3/h10,13-14H,5-9H2,1-4H3. The maximum Gasteiger partial charge on any atom is 0.150 e. The number of hydrogen-bond acceptors (Lipinski definition) is 4. The number of aromatic nitrogens is 2. The van der Waals surface area contributed by atoms with Crippen molar-refractivity contribution in [3.63, 3.8) is 0 Å². The van der Waals surface area contributed by atoms with Gasteiger partial charge in [-0.3, -0.25) is 4.68 Å². The highest BCUT2D eigenvalue weighted by Crippen LogP contribution is 2.21. The molecule has 0 aliphatic heterocycles. The predicted molar refractivity (Wildman–Crippen MR) is 77.9 cm³/mol. The molecule has 0 saturated carbocycles. The summed E-state index contributed by atoms with van der Waals surface area (Å²) >= 11 is 0. The fraction of sp³-hybridized carbons (Fsp3) is 0.769. The first-order valence-electron chi connectivity index (χ1n) is 6.83. The van der Waals surface area contributed by atoms with Gasteiger partial charge in [0.25, 0.3) is 0 Å². The first kappa shape index (κ1) is 16.2. The van der Waals surface area contributed by atoms with Gasteiger partial charge in [-0.15, -0.1) is 0 Å². The van der Waals surface area contributed by atoms with Gasteiger partial charge in [0.15, 0.2) is 0 Å². The molecule has 1 N–H and O–H groups in total. The SMILES string of the molecule is CCNC(CCCS(=O)(=O)CC)c1cn(C)nc1C. The van der Waals surface area contributed by atoms with Gasteiger partial charge in [0.1, 0.15) is 9.84 Å². The molecule has 19 heavy (non-hydrogen) atoms. The largest absolute Gasteiger partial charge is 0.310 e. The smallest absolute Gasteiger partial charge is 0.150 e. The zero-order valence-electron chi connectivity index (χ0n) is 12.3. The molecular weight excluding hydrogens is 262 g/mol. The quantitative estimate of drug-likeness (QED) is 0.788. The molecule has 0 amide bonds. The second kappa shape index (κ2) is 7.05. The molecule has 6 heteroatoms. The zero-order valence-corrected chi connectivity index (χ0v) is 13.1.